The summed E-state index contributed by atoms with van der Waals surface area (Å²) in [6.07, 6.45) is 4.13. The fourth-order valence-corrected chi connectivity index (χ4v) is 4.80. The van der Waals surface area contributed by atoms with Gasteiger partial charge in [-0.3, -0.25) is 14.0 Å². The molecule has 9 nitrogen and oxygen atoms in total. The molecule has 4 heterocycles. The van der Waals surface area contributed by atoms with Crippen LogP contribution in [0.15, 0.2) is 53.6 Å². The molecule has 1 aliphatic rings. The fraction of sp³-hybridized carbons (Fsp3) is 0.407. The minimum absolute atomic E-state index is 0.00723. The van der Waals surface area contributed by atoms with Gasteiger partial charge in [-0.05, 0) is 58.4 Å². The number of carbonyl (C=O) groups is 1. The number of hydrogen-bond acceptors (Lipinski definition) is 6. The van der Waals surface area contributed by atoms with E-state index in [-0.39, 0.29) is 17.7 Å². The van der Waals surface area contributed by atoms with E-state index in [1.807, 2.05) is 75.7 Å². The zero-order valence-corrected chi connectivity index (χ0v) is 21.4. The SMILES string of the molecule is Cc1ccc(-n2c(=O)n([C@H]3CCN(Cc4ncc(C(=O)OC(C)(C)C)n4C)C3)c3ncccc32)cc1. The molecule has 0 saturated carbocycles. The molecule has 5 rings (SSSR count). The molecule has 0 aliphatic carbocycles. The van der Waals surface area contributed by atoms with Crippen LogP contribution < -0.4 is 5.69 Å². The Morgan fingerprint density at radius 3 is 2.61 bits per heavy atom. The van der Waals surface area contributed by atoms with Crippen molar-refractivity contribution in [3.63, 3.8) is 0 Å². The lowest BCUT2D eigenvalue weighted by molar-refractivity contribution is 0.00584. The molecular formula is C27H32N6O3. The van der Waals surface area contributed by atoms with Crippen LogP contribution in [0.5, 0.6) is 0 Å². The van der Waals surface area contributed by atoms with E-state index in [9.17, 15) is 9.59 Å². The molecule has 188 valence electrons. The summed E-state index contributed by atoms with van der Waals surface area (Å²) in [7, 11) is 1.83. The van der Waals surface area contributed by atoms with Crippen molar-refractivity contribution in [2.24, 2.45) is 7.05 Å². The number of ether oxygens (including phenoxy) is 1. The summed E-state index contributed by atoms with van der Waals surface area (Å²) in [4.78, 5) is 37.5. The minimum atomic E-state index is -0.567. The van der Waals surface area contributed by atoms with Crippen molar-refractivity contribution in [3.8, 4) is 5.69 Å². The first-order chi connectivity index (χ1) is 17.1. The van der Waals surface area contributed by atoms with E-state index < -0.39 is 5.60 Å². The maximum absolute atomic E-state index is 13.7. The van der Waals surface area contributed by atoms with Gasteiger partial charge in [0.05, 0.1) is 30.0 Å². The molecule has 0 unspecified atom stereocenters. The van der Waals surface area contributed by atoms with Crippen LogP contribution in [0.2, 0.25) is 0 Å². The van der Waals surface area contributed by atoms with Crippen molar-refractivity contribution < 1.29 is 9.53 Å². The van der Waals surface area contributed by atoms with Gasteiger partial charge in [-0.1, -0.05) is 17.7 Å². The van der Waals surface area contributed by atoms with E-state index in [0.717, 1.165) is 35.6 Å². The Bertz CT molecular complexity index is 1470. The molecule has 0 radical (unpaired) electrons. The number of benzene rings is 1. The van der Waals surface area contributed by atoms with Gasteiger partial charge < -0.3 is 9.30 Å². The number of nitrogens with zero attached hydrogens (tertiary/aromatic N) is 6. The Morgan fingerprint density at radius 1 is 1.14 bits per heavy atom. The topological polar surface area (TPSA) is 87.2 Å². The van der Waals surface area contributed by atoms with Crippen LogP contribution in [0, 0.1) is 6.92 Å². The Morgan fingerprint density at radius 2 is 1.89 bits per heavy atom. The lowest BCUT2D eigenvalue weighted by Crippen LogP contribution is -2.29. The normalized spacial score (nSPS) is 16.6. The van der Waals surface area contributed by atoms with Crippen molar-refractivity contribution in [3.05, 3.63) is 76.4 Å². The maximum Gasteiger partial charge on any atom is 0.357 e. The smallest absolute Gasteiger partial charge is 0.357 e. The number of fused-ring (bicyclic) bond motifs is 1. The molecule has 1 aliphatic heterocycles. The standard InChI is InChI=1S/C27H32N6O3/c1-18-8-10-19(11-9-18)32-21-7-6-13-28-24(21)33(26(32)35)20-12-14-31(16-20)17-23-29-15-22(30(23)5)25(34)36-27(2,3)4/h6-11,13,15,20H,12,14,16-17H2,1-5H3/t20-/m0/s1. The number of carbonyl (C=O) groups excluding carboxylic acids is 1. The summed E-state index contributed by atoms with van der Waals surface area (Å²) in [6, 6.07) is 11.8. The third-order valence-electron chi connectivity index (χ3n) is 6.59. The molecule has 0 bridgehead atoms. The molecule has 3 aromatic heterocycles. The predicted octanol–water partition coefficient (Wildman–Crippen LogP) is 3.63. The van der Waals surface area contributed by atoms with E-state index in [0.29, 0.717) is 24.4 Å². The monoisotopic (exact) mass is 488 g/mol. The van der Waals surface area contributed by atoms with Crippen molar-refractivity contribution in [2.45, 2.75) is 52.3 Å². The highest BCUT2D eigenvalue weighted by molar-refractivity contribution is 5.87. The first-order valence-corrected chi connectivity index (χ1v) is 12.2. The maximum atomic E-state index is 13.7. The van der Waals surface area contributed by atoms with Gasteiger partial charge in [0.1, 0.15) is 17.1 Å². The first kappa shape index (κ1) is 24.0. The van der Waals surface area contributed by atoms with Crippen LogP contribution in [0.4, 0.5) is 0 Å². The van der Waals surface area contributed by atoms with Crippen molar-refractivity contribution in [1.82, 2.24) is 28.6 Å². The third kappa shape index (κ3) is 4.46. The number of rotatable bonds is 5. The van der Waals surface area contributed by atoms with Gasteiger partial charge in [-0.15, -0.1) is 0 Å². The molecular weight excluding hydrogens is 456 g/mol. The minimum Gasteiger partial charge on any atom is -0.455 e. The molecule has 1 atom stereocenters. The van der Waals surface area contributed by atoms with E-state index in [2.05, 4.69) is 14.9 Å². The highest BCUT2D eigenvalue weighted by atomic mass is 16.6. The van der Waals surface area contributed by atoms with E-state index in [4.69, 9.17) is 4.74 Å². The lowest BCUT2D eigenvalue weighted by Gasteiger charge is -2.20. The van der Waals surface area contributed by atoms with Gasteiger partial charge in [0.15, 0.2) is 5.65 Å². The Balaban J connectivity index is 1.39. The quantitative estimate of drug-likeness (QED) is 0.399. The second kappa shape index (κ2) is 9.05. The second-order valence-electron chi connectivity index (χ2n) is 10.5. The summed E-state index contributed by atoms with van der Waals surface area (Å²) in [5, 5.41) is 0. The first-order valence-electron chi connectivity index (χ1n) is 12.2. The third-order valence-corrected chi connectivity index (χ3v) is 6.59. The Labute approximate surface area is 210 Å². The molecule has 0 N–H and O–H groups in total. The van der Waals surface area contributed by atoms with Gasteiger partial charge >= 0.3 is 11.7 Å². The molecule has 4 aromatic rings. The van der Waals surface area contributed by atoms with Gasteiger partial charge in [0.25, 0.3) is 0 Å². The molecule has 9 heteroatoms. The summed E-state index contributed by atoms with van der Waals surface area (Å²) in [5.74, 6) is 0.397. The van der Waals surface area contributed by atoms with Crippen molar-refractivity contribution in [2.75, 3.05) is 13.1 Å². The van der Waals surface area contributed by atoms with E-state index in [1.165, 1.54) is 0 Å². The summed E-state index contributed by atoms with van der Waals surface area (Å²) in [6.45, 7) is 9.66. The average Bonchev–Trinajstić information content (AvgIpc) is 3.49. The van der Waals surface area contributed by atoms with E-state index in [1.54, 1.807) is 21.5 Å². The molecule has 1 saturated heterocycles. The number of imidazole rings is 2. The van der Waals surface area contributed by atoms with Crippen LogP contribution >= 0.6 is 0 Å². The number of hydrogen-bond donors (Lipinski definition) is 0. The Kier molecular flexibility index (Phi) is 6.04. The van der Waals surface area contributed by atoms with Gasteiger partial charge in [0, 0.05) is 26.3 Å². The molecule has 0 amide bonds. The van der Waals surface area contributed by atoms with Crippen LogP contribution in [0.25, 0.3) is 16.9 Å². The van der Waals surface area contributed by atoms with Gasteiger partial charge in [-0.2, -0.15) is 0 Å². The molecule has 36 heavy (non-hydrogen) atoms. The van der Waals surface area contributed by atoms with E-state index >= 15 is 0 Å². The summed E-state index contributed by atoms with van der Waals surface area (Å²) < 4.78 is 10.9. The van der Waals surface area contributed by atoms with Gasteiger partial charge in [0.2, 0.25) is 0 Å². The van der Waals surface area contributed by atoms with Crippen LogP contribution in [-0.2, 0) is 18.3 Å². The van der Waals surface area contributed by atoms with Crippen molar-refractivity contribution in [1.29, 1.82) is 0 Å². The number of aromatic nitrogens is 5. The highest BCUT2D eigenvalue weighted by Crippen LogP contribution is 2.26. The summed E-state index contributed by atoms with van der Waals surface area (Å²) >= 11 is 0. The number of aryl methyl sites for hydroxylation is 1. The Hall–Kier alpha value is -3.72. The van der Waals surface area contributed by atoms with Crippen LogP contribution in [0.1, 0.15) is 55.1 Å². The predicted molar refractivity (Wildman–Crippen MR) is 137 cm³/mol. The largest absolute Gasteiger partial charge is 0.455 e. The molecule has 0 spiro atoms. The zero-order chi connectivity index (χ0) is 25.6. The lowest BCUT2D eigenvalue weighted by atomic mass is 10.2. The summed E-state index contributed by atoms with van der Waals surface area (Å²) in [5.41, 5.74) is 3.25. The van der Waals surface area contributed by atoms with Crippen LogP contribution in [0.3, 0.4) is 0 Å². The fourth-order valence-electron chi connectivity index (χ4n) is 4.80. The number of esters is 1. The van der Waals surface area contributed by atoms with Gasteiger partial charge in [-0.25, -0.2) is 19.6 Å². The second-order valence-corrected chi connectivity index (χ2v) is 10.5. The average molecular weight is 489 g/mol. The number of likely N-dealkylation sites (tertiary alicyclic amines) is 1. The van der Waals surface area contributed by atoms with Crippen molar-refractivity contribution >= 4 is 17.1 Å². The van der Waals surface area contributed by atoms with Crippen LogP contribution in [-0.4, -0.2) is 53.2 Å². The number of pyridine rings is 1. The molecule has 1 fully saturated rings. The highest BCUT2D eigenvalue weighted by Gasteiger charge is 2.30. The molecule has 1 aromatic carbocycles. The zero-order valence-electron chi connectivity index (χ0n) is 21.4.